The molecule has 2 amide bonds. The fraction of sp³-hybridized carbons (Fsp3) is 0.500. The maximum Gasteiger partial charge on any atom is 0.416 e. The summed E-state index contributed by atoms with van der Waals surface area (Å²) in [4.78, 5) is 28.4. The molecular formula is C28H32F6N2O4. The van der Waals surface area contributed by atoms with Crippen LogP contribution < -0.4 is 4.90 Å². The highest BCUT2D eigenvalue weighted by molar-refractivity contribution is 5.90. The van der Waals surface area contributed by atoms with E-state index in [1.54, 1.807) is 26.0 Å². The molecule has 0 spiro atoms. The largest absolute Gasteiger partial charge is 0.453 e. The van der Waals surface area contributed by atoms with E-state index >= 15 is 0 Å². The Labute approximate surface area is 228 Å². The molecule has 1 heterocycles. The molecule has 0 fully saturated rings. The van der Waals surface area contributed by atoms with Gasteiger partial charge in [-0.25, -0.2) is 9.59 Å². The topological polar surface area (TPSA) is 59.1 Å². The Morgan fingerprint density at radius 1 is 0.950 bits per heavy atom. The minimum Gasteiger partial charge on any atom is -0.453 e. The number of carbonyl (C=O) groups is 2. The Balaban J connectivity index is 2.20. The van der Waals surface area contributed by atoms with E-state index in [2.05, 4.69) is 0 Å². The van der Waals surface area contributed by atoms with Gasteiger partial charge < -0.3 is 9.47 Å². The van der Waals surface area contributed by atoms with Crippen LogP contribution in [0.3, 0.4) is 0 Å². The number of nitrogens with zero attached hydrogens (tertiary/aromatic N) is 2. The zero-order valence-electron chi connectivity index (χ0n) is 23.0. The number of halogens is 6. The fourth-order valence-electron chi connectivity index (χ4n) is 4.79. The number of fused-ring (bicyclic) bond motifs is 1. The first-order valence-corrected chi connectivity index (χ1v) is 12.6. The summed E-state index contributed by atoms with van der Waals surface area (Å²) in [5.41, 5.74) is -1.93. The van der Waals surface area contributed by atoms with Crippen LogP contribution in [0.4, 0.5) is 41.6 Å². The summed E-state index contributed by atoms with van der Waals surface area (Å²) in [7, 11) is 1.08. The molecule has 0 aromatic heterocycles. The number of hydrogen-bond acceptors (Lipinski definition) is 4. The zero-order valence-corrected chi connectivity index (χ0v) is 23.0. The van der Waals surface area contributed by atoms with Crippen molar-refractivity contribution in [1.29, 1.82) is 0 Å². The fourth-order valence-corrected chi connectivity index (χ4v) is 4.79. The normalized spacial score (nSPS) is 17.8. The van der Waals surface area contributed by atoms with Crippen molar-refractivity contribution in [2.75, 3.05) is 18.6 Å². The number of amides is 2. The quantitative estimate of drug-likeness (QED) is 0.347. The molecule has 0 bridgehead atoms. The van der Waals surface area contributed by atoms with Crippen LogP contribution in [0.1, 0.15) is 74.9 Å². The average Bonchev–Trinajstić information content (AvgIpc) is 2.84. The third-order valence-corrected chi connectivity index (χ3v) is 6.77. The van der Waals surface area contributed by atoms with Gasteiger partial charge in [-0.2, -0.15) is 26.3 Å². The van der Waals surface area contributed by atoms with Crippen LogP contribution in [-0.2, 0) is 33.8 Å². The van der Waals surface area contributed by atoms with Crippen molar-refractivity contribution < 1.29 is 45.4 Å². The van der Waals surface area contributed by atoms with E-state index in [4.69, 9.17) is 9.47 Å². The third-order valence-electron chi connectivity index (χ3n) is 6.77. The van der Waals surface area contributed by atoms with Crippen LogP contribution in [0, 0.1) is 0 Å². The molecule has 12 heteroatoms. The summed E-state index contributed by atoms with van der Waals surface area (Å²) in [5.74, 6) is 0. The van der Waals surface area contributed by atoms with E-state index in [9.17, 15) is 35.9 Å². The zero-order chi connectivity index (χ0) is 30.2. The third kappa shape index (κ3) is 6.64. The monoisotopic (exact) mass is 574 g/mol. The maximum atomic E-state index is 13.5. The lowest BCUT2D eigenvalue weighted by atomic mass is 9.82. The lowest BCUT2D eigenvalue weighted by molar-refractivity contribution is -0.143. The van der Waals surface area contributed by atoms with E-state index in [-0.39, 0.29) is 30.1 Å². The molecule has 0 radical (unpaired) electrons. The standard InChI is InChI=1S/C28H32F6N2O4/c1-7-40-25(38)36-16(2)10-23(21-14-18(26(3,4)5)8-9-22(21)36)35(24(37)39-6)15-17-11-19(27(29,30)31)13-20(12-17)28(32,33)34/h8-9,11-14,16,23H,7,10,15H2,1-6H3/t16-,23+/m1/s1. The van der Waals surface area contributed by atoms with E-state index < -0.39 is 54.3 Å². The Morgan fingerprint density at radius 3 is 2.00 bits per heavy atom. The van der Waals surface area contributed by atoms with Crippen LogP contribution in [0.15, 0.2) is 36.4 Å². The second-order valence-electron chi connectivity index (χ2n) is 10.7. The summed E-state index contributed by atoms with van der Waals surface area (Å²) >= 11 is 0. The van der Waals surface area contributed by atoms with Crippen LogP contribution in [-0.4, -0.2) is 36.8 Å². The van der Waals surface area contributed by atoms with Gasteiger partial charge in [-0.15, -0.1) is 0 Å². The minimum absolute atomic E-state index is 0.0385. The van der Waals surface area contributed by atoms with Crippen molar-refractivity contribution in [2.24, 2.45) is 0 Å². The van der Waals surface area contributed by atoms with E-state index in [1.165, 1.54) is 4.90 Å². The highest BCUT2D eigenvalue weighted by Crippen LogP contribution is 2.44. The van der Waals surface area contributed by atoms with Crippen LogP contribution in [0.5, 0.6) is 0 Å². The van der Waals surface area contributed by atoms with Gasteiger partial charge in [0.2, 0.25) is 0 Å². The predicted octanol–water partition coefficient (Wildman–Crippen LogP) is 8.09. The molecule has 1 aliphatic heterocycles. The van der Waals surface area contributed by atoms with Gasteiger partial charge >= 0.3 is 24.5 Å². The van der Waals surface area contributed by atoms with Gasteiger partial charge in [-0.1, -0.05) is 32.9 Å². The van der Waals surface area contributed by atoms with Gasteiger partial charge in [0.15, 0.2) is 0 Å². The molecular weight excluding hydrogens is 542 g/mol. The van der Waals surface area contributed by atoms with Crippen LogP contribution >= 0.6 is 0 Å². The predicted molar refractivity (Wildman–Crippen MR) is 136 cm³/mol. The molecule has 40 heavy (non-hydrogen) atoms. The molecule has 2 atom stereocenters. The molecule has 1 aliphatic rings. The van der Waals surface area contributed by atoms with Gasteiger partial charge in [0.1, 0.15) is 0 Å². The van der Waals surface area contributed by atoms with Gasteiger partial charge in [0, 0.05) is 12.6 Å². The Kier molecular flexibility index (Phi) is 8.71. The van der Waals surface area contributed by atoms with Crippen molar-refractivity contribution in [3.05, 3.63) is 64.2 Å². The Morgan fingerprint density at radius 2 is 1.52 bits per heavy atom. The van der Waals surface area contributed by atoms with E-state index in [1.807, 2.05) is 26.8 Å². The van der Waals surface area contributed by atoms with E-state index in [0.717, 1.165) is 17.6 Å². The first-order valence-electron chi connectivity index (χ1n) is 12.6. The summed E-state index contributed by atoms with van der Waals surface area (Å²) in [6, 6.07) is 5.18. The lowest BCUT2D eigenvalue weighted by Crippen LogP contribution is -2.47. The average molecular weight is 575 g/mol. The van der Waals surface area contributed by atoms with Crippen molar-refractivity contribution in [1.82, 2.24) is 4.90 Å². The van der Waals surface area contributed by atoms with Gasteiger partial charge in [-0.3, -0.25) is 9.80 Å². The molecule has 2 aromatic rings. The smallest absolute Gasteiger partial charge is 0.416 e. The molecule has 0 aliphatic carbocycles. The van der Waals surface area contributed by atoms with E-state index in [0.29, 0.717) is 23.4 Å². The summed E-state index contributed by atoms with van der Waals surface area (Å²) < 4.78 is 91.3. The second kappa shape index (κ2) is 11.2. The molecule has 0 saturated carbocycles. The molecule has 220 valence electrons. The maximum absolute atomic E-state index is 13.5. The van der Waals surface area contributed by atoms with Gasteiger partial charge in [0.05, 0.1) is 36.6 Å². The number of hydrogen-bond donors (Lipinski definition) is 0. The van der Waals surface area contributed by atoms with Crippen molar-refractivity contribution >= 4 is 17.9 Å². The highest BCUT2D eigenvalue weighted by atomic mass is 19.4. The van der Waals surface area contributed by atoms with Crippen LogP contribution in [0.2, 0.25) is 0 Å². The number of rotatable bonds is 4. The summed E-state index contributed by atoms with van der Waals surface area (Å²) in [6.45, 7) is 8.75. The van der Waals surface area contributed by atoms with Gasteiger partial charge in [0.25, 0.3) is 0 Å². The molecule has 3 rings (SSSR count). The molecule has 2 aromatic carbocycles. The summed E-state index contributed by atoms with van der Waals surface area (Å²) in [5, 5.41) is 0. The second-order valence-corrected chi connectivity index (χ2v) is 10.7. The van der Waals surface area contributed by atoms with Gasteiger partial charge in [-0.05, 0) is 66.6 Å². The minimum atomic E-state index is -5.04. The summed E-state index contributed by atoms with van der Waals surface area (Å²) in [6.07, 6.45) is -11.5. The number of carbonyl (C=O) groups excluding carboxylic acids is 2. The molecule has 0 unspecified atom stereocenters. The Bertz CT molecular complexity index is 1220. The molecule has 0 saturated heterocycles. The number of alkyl halides is 6. The Hall–Kier alpha value is -3.44. The number of benzene rings is 2. The first kappa shape index (κ1) is 31.1. The first-order chi connectivity index (χ1) is 18.4. The van der Waals surface area contributed by atoms with Crippen molar-refractivity contribution in [3.63, 3.8) is 0 Å². The van der Waals surface area contributed by atoms with Crippen LogP contribution in [0.25, 0.3) is 0 Å². The van der Waals surface area contributed by atoms with Crippen molar-refractivity contribution in [2.45, 2.75) is 77.4 Å². The van der Waals surface area contributed by atoms with Crippen molar-refractivity contribution in [3.8, 4) is 0 Å². The number of ether oxygens (including phenoxy) is 2. The number of methoxy groups -OCH3 is 1. The highest BCUT2D eigenvalue weighted by Gasteiger charge is 2.41. The lowest BCUT2D eigenvalue weighted by Gasteiger charge is -2.43. The number of anilines is 1. The molecule has 0 N–H and O–H groups in total. The SMILES string of the molecule is CCOC(=O)N1c2ccc(C(C)(C)C)cc2[C@@H](N(Cc2cc(C(F)(F)F)cc(C(F)(F)F)c2)C(=O)OC)C[C@H]1C. The molecule has 6 nitrogen and oxygen atoms in total.